The molecule has 0 radical (unpaired) electrons. The minimum atomic E-state index is -1.51. The molecule has 17 heavy (non-hydrogen) atoms. The van der Waals surface area contributed by atoms with Gasteiger partial charge in [-0.15, -0.1) is 5.10 Å². The monoisotopic (exact) mass is 242 g/mol. The van der Waals surface area contributed by atoms with Gasteiger partial charge in [-0.25, -0.2) is 9.78 Å². The molecular formula is C8H10N4O5. The van der Waals surface area contributed by atoms with Crippen LogP contribution >= 0.6 is 0 Å². The van der Waals surface area contributed by atoms with Crippen LogP contribution in [0.5, 0.6) is 0 Å². The first-order valence-electron chi connectivity index (χ1n) is 4.54. The van der Waals surface area contributed by atoms with Gasteiger partial charge in [0.15, 0.2) is 0 Å². The van der Waals surface area contributed by atoms with Crippen molar-refractivity contribution in [2.24, 2.45) is 0 Å². The van der Waals surface area contributed by atoms with Crippen molar-refractivity contribution in [2.75, 3.05) is 0 Å². The van der Waals surface area contributed by atoms with Gasteiger partial charge in [0.05, 0.1) is 6.42 Å². The Labute approximate surface area is 94.9 Å². The topological polar surface area (TPSA) is 145 Å². The van der Waals surface area contributed by atoms with Crippen molar-refractivity contribution < 1.29 is 24.6 Å². The number of rotatable bonds is 5. The predicted octanol–water partition coefficient (Wildman–Crippen LogP) is -1.23. The molecule has 1 rings (SSSR count). The lowest BCUT2D eigenvalue weighted by atomic mass is 10.2. The van der Waals surface area contributed by atoms with Crippen LogP contribution < -0.4 is 5.32 Å². The molecule has 1 heterocycles. The molecule has 92 valence electrons. The fourth-order valence-electron chi connectivity index (χ4n) is 1.04. The van der Waals surface area contributed by atoms with E-state index in [2.05, 4.69) is 15.2 Å². The normalized spacial score (nSPS) is 11.8. The first kappa shape index (κ1) is 12.6. The second-order valence-electron chi connectivity index (χ2n) is 3.21. The maximum atomic E-state index is 11.4. The number of amides is 1. The van der Waals surface area contributed by atoms with Crippen molar-refractivity contribution >= 4 is 17.8 Å². The third-order valence-corrected chi connectivity index (χ3v) is 1.78. The number of carbonyl (C=O) groups excluding carboxylic acids is 1. The SMILES string of the molecule is Cc1nc(C(=O)N[C@@H](CC(=O)O)C(=O)O)n[nH]1. The Morgan fingerprint density at radius 1 is 1.41 bits per heavy atom. The molecule has 1 amide bonds. The fourth-order valence-corrected chi connectivity index (χ4v) is 1.04. The van der Waals surface area contributed by atoms with Gasteiger partial charge in [0.1, 0.15) is 11.9 Å². The van der Waals surface area contributed by atoms with Crippen LogP contribution in [0.1, 0.15) is 22.9 Å². The molecule has 0 bridgehead atoms. The van der Waals surface area contributed by atoms with E-state index in [4.69, 9.17) is 10.2 Å². The summed E-state index contributed by atoms with van der Waals surface area (Å²) in [5.41, 5.74) is 0. The lowest BCUT2D eigenvalue weighted by Crippen LogP contribution is -2.42. The number of aryl methyl sites for hydroxylation is 1. The van der Waals surface area contributed by atoms with Crippen LogP contribution in [0.25, 0.3) is 0 Å². The zero-order valence-corrected chi connectivity index (χ0v) is 8.80. The molecule has 9 nitrogen and oxygen atoms in total. The van der Waals surface area contributed by atoms with Crippen molar-refractivity contribution in [3.05, 3.63) is 11.6 Å². The molecule has 1 aromatic heterocycles. The molecular weight excluding hydrogens is 232 g/mol. The highest BCUT2D eigenvalue weighted by Gasteiger charge is 2.24. The van der Waals surface area contributed by atoms with Gasteiger partial charge >= 0.3 is 11.9 Å². The predicted molar refractivity (Wildman–Crippen MR) is 52.3 cm³/mol. The average Bonchev–Trinajstić information content (AvgIpc) is 2.63. The molecule has 1 atom stereocenters. The van der Waals surface area contributed by atoms with Crippen molar-refractivity contribution in [1.82, 2.24) is 20.5 Å². The number of aromatic nitrogens is 3. The molecule has 4 N–H and O–H groups in total. The van der Waals surface area contributed by atoms with Crippen molar-refractivity contribution in [3.63, 3.8) is 0 Å². The second kappa shape index (κ2) is 5.05. The van der Waals surface area contributed by atoms with Crippen LogP contribution in [0.15, 0.2) is 0 Å². The maximum absolute atomic E-state index is 11.4. The highest BCUT2D eigenvalue weighted by atomic mass is 16.4. The van der Waals surface area contributed by atoms with Crippen LogP contribution in [0.2, 0.25) is 0 Å². The summed E-state index contributed by atoms with van der Waals surface area (Å²) in [5.74, 6) is -3.46. The molecule has 0 saturated carbocycles. The molecule has 0 saturated heterocycles. The fraction of sp³-hybridized carbons (Fsp3) is 0.375. The zero-order chi connectivity index (χ0) is 13.0. The summed E-state index contributed by atoms with van der Waals surface area (Å²) in [6.45, 7) is 1.57. The summed E-state index contributed by atoms with van der Waals surface area (Å²) in [4.78, 5) is 36.2. The molecule has 0 spiro atoms. The minimum absolute atomic E-state index is 0.237. The Hall–Kier alpha value is -2.45. The number of aromatic amines is 1. The third-order valence-electron chi connectivity index (χ3n) is 1.78. The Bertz CT molecular complexity index is 455. The van der Waals surface area contributed by atoms with E-state index in [0.29, 0.717) is 5.82 Å². The highest BCUT2D eigenvalue weighted by Crippen LogP contribution is 1.96. The quantitative estimate of drug-likeness (QED) is 0.505. The van der Waals surface area contributed by atoms with Gasteiger partial charge in [0.25, 0.3) is 5.91 Å². The number of H-pyrrole nitrogens is 1. The van der Waals surface area contributed by atoms with Crippen LogP contribution in [-0.4, -0.2) is 49.3 Å². The summed E-state index contributed by atoms with van der Waals surface area (Å²) < 4.78 is 0. The number of nitrogens with one attached hydrogen (secondary N) is 2. The summed E-state index contributed by atoms with van der Waals surface area (Å²) in [6.07, 6.45) is -0.718. The number of hydrogen-bond donors (Lipinski definition) is 4. The number of hydrogen-bond acceptors (Lipinski definition) is 5. The smallest absolute Gasteiger partial charge is 0.326 e. The van der Waals surface area contributed by atoms with Crippen molar-refractivity contribution in [1.29, 1.82) is 0 Å². The van der Waals surface area contributed by atoms with Gasteiger partial charge in [-0.1, -0.05) is 0 Å². The Balaban J connectivity index is 2.70. The maximum Gasteiger partial charge on any atom is 0.326 e. The van der Waals surface area contributed by atoms with Crippen LogP contribution in [0.3, 0.4) is 0 Å². The van der Waals surface area contributed by atoms with E-state index >= 15 is 0 Å². The number of nitrogens with zero attached hydrogens (tertiary/aromatic N) is 2. The Morgan fingerprint density at radius 2 is 2.06 bits per heavy atom. The third kappa shape index (κ3) is 3.55. The molecule has 0 aliphatic rings. The second-order valence-corrected chi connectivity index (χ2v) is 3.21. The molecule has 1 aromatic rings. The number of carboxylic acid groups (broad SMARTS) is 2. The Kier molecular flexibility index (Phi) is 3.75. The van der Waals surface area contributed by atoms with E-state index in [1.807, 2.05) is 5.32 Å². The minimum Gasteiger partial charge on any atom is -0.481 e. The van der Waals surface area contributed by atoms with E-state index in [1.54, 1.807) is 6.92 Å². The summed E-state index contributed by atoms with van der Waals surface area (Å²) in [6, 6.07) is -1.51. The number of carbonyl (C=O) groups is 3. The molecule has 0 unspecified atom stereocenters. The average molecular weight is 242 g/mol. The summed E-state index contributed by atoms with van der Waals surface area (Å²) in [7, 11) is 0. The van der Waals surface area contributed by atoms with Gasteiger partial charge < -0.3 is 15.5 Å². The lowest BCUT2D eigenvalue weighted by Gasteiger charge is -2.10. The largest absolute Gasteiger partial charge is 0.481 e. The van der Waals surface area contributed by atoms with Gasteiger partial charge in [-0.3, -0.25) is 14.7 Å². The van der Waals surface area contributed by atoms with Crippen LogP contribution in [0, 0.1) is 6.92 Å². The molecule has 9 heteroatoms. The first-order valence-corrected chi connectivity index (χ1v) is 4.54. The van der Waals surface area contributed by atoms with Gasteiger partial charge in [0.2, 0.25) is 5.82 Å². The van der Waals surface area contributed by atoms with Crippen LogP contribution in [0.4, 0.5) is 0 Å². The number of carboxylic acids is 2. The standard InChI is InChI=1S/C8H10N4O5/c1-3-9-6(12-11-3)7(15)10-4(8(16)17)2-5(13)14/h4H,2H2,1H3,(H,10,15)(H,13,14)(H,16,17)(H,9,11,12)/t4-/m0/s1. The van der Waals surface area contributed by atoms with Crippen molar-refractivity contribution in [2.45, 2.75) is 19.4 Å². The van der Waals surface area contributed by atoms with E-state index in [1.165, 1.54) is 0 Å². The summed E-state index contributed by atoms with van der Waals surface area (Å²) >= 11 is 0. The molecule has 0 aliphatic carbocycles. The number of aliphatic carboxylic acids is 2. The lowest BCUT2D eigenvalue weighted by molar-refractivity contribution is -0.145. The van der Waals surface area contributed by atoms with Crippen molar-refractivity contribution in [3.8, 4) is 0 Å². The van der Waals surface area contributed by atoms with E-state index in [9.17, 15) is 14.4 Å². The highest BCUT2D eigenvalue weighted by molar-refractivity contribution is 5.94. The van der Waals surface area contributed by atoms with Gasteiger partial charge in [0, 0.05) is 0 Å². The van der Waals surface area contributed by atoms with Gasteiger partial charge in [-0.05, 0) is 6.92 Å². The Morgan fingerprint density at radius 3 is 2.47 bits per heavy atom. The summed E-state index contributed by atoms with van der Waals surface area (Å²) in [5, 5.41) is 25.1. The molecule has 0 fully saturated rings. The van der Waals surface area contributed by atoms with E-state index in [0.717, 1.165) is 0 Å². The molecule has 0 aromatic carbocycles. The van der Waals surface area contributed by atoms with Gasteiger partial charge in [-0.2, -0.15) is 0 Å². The van der Waals surface area contributed by atoms with Crippen LogP contribution in [-0.2, 0) is 9.59 Å². The van der Waals surface area contributed by atoms with E-state index in [-0.39, 0.29) is 5.82 Å². The first-order chi connectivity index (χ1) is 7.90. The zero-order valence-electron chi connectivity index (χ0n) is 8.80. The van der Waals surface area contributed by atoms with E-state index < -0.39 is 30.3 Å². The molecule has 0 aliphatic heterocycles.